The van der Waals surface area contributed by atoms with E-state index in [0.29, 0.717) is 25.2 Å². The van der Waals surface area contributed by atoms with Gasteiger partial charge in [0.1, 0.15) is 11.9 Å². The molecular weight excluding hydrogens is 347 g/mol. The van der Waals surface area contributed by atoms with Gasteiger partial charge in [-0.25, -0.2) is 9.37 Å². The first-order chi connectivity index (χ1) is 13.1. The number of piperazine rings is 1. The second kappa shape index (κ2) is 7.19. The number of fused-ring (bicyclic) bond motifs is 1. The summed E-state index contributed by atoms with van der Waals surface area (Å²) >= 11 is 0. The predicted molar refractivity (Wildman–Crippen MR) is 98.2 cm³/mol. The lowest BCUT2D eigenvalue weighted by Crippen LogP contribution is -2.52. The molecule has 1 aliphatic heterocycles. The van der Waals surface area contributed by atoms with Crippen LogP contribution in [-0.2, 0) is 16.1 Å². The Morgan fingerprint density at radius 1 is 1.19 bits per heavy atom. The van der Waals surface area contributed by atoms with E-state index in [1.165, 1.54) is 12.1 Å². The Hall–Kier alpha value is -3.22. The highest BCUT2D eigenvalue weighted by molar-refractivity contribution is 5.89. The van der Waals surface area contributed by atoms with Crippen LogP contribution in [0.2, 0.25) is 0 Å². The third-order valence-electron chi connectivity index (χ3n) is 4.81. The normalized spacial score (nSPS) is 17.1. The topological polar surface area (TPSA) is 67.2 Å². The molecule has 6 nitrogen and oxygen atoms in total. The number of rotatable bonds is 4. The van der Waals surface area contributed by atoms with Crippen molar-refractivity contribution in [3.63, 3.8) is 0 Å². The average molecular weight is 366 g/mol. The summed E-state index contributed by atoms with van der Waals surface area (Å²) in [5.74, 6) is -0.730. The van der Waals surface area contributed by atoms with E-state index >= 15 is 0 Å². The molecule has 0 bridgehead atoms. The minimum atomic E-state index is -0.730. The van der Waals surface area contributed by atoms with Gasteiger partial charge in [0, 0.05) is 26.1 Å². The number of imidazole rings is 1. The smallest absolute Gasteiger partial charge is 0.247 e. The molecule has 27 heavy (non-hydrogen) atoms. The molecular formula is C20H19FN4O2. The van der Waals surface area contributed by atoms with Crippen molar-refractivity contribution in [1.82, 2.24) is 19.8 Å². The number of nitrogens with zero attached hydrogens (tertiary/aromatic N) is 3. The van der Waals surface area contributed by atoms with Crippen molar-refractivity contribution in [2.75, 3.05) is 13.1 Å². The molecule has 2 aromatic carbocycles. The second-order valence-corrected chi connectivity index (χ2v) is 6.51. The maximum Gasteiger partial charge on any atom is 0.247 e. The van der Waals surface area contributed by atoms with E-state index in [1.807, 2.05) is 28.8 Å². The maximum atomic E-state index is 13.2. The van der Waals surface area contributed by atoms with Crippen molar-refractivity contribution in [3.05, 3.63) is 66.2 Å². The molecule has 1 aromatic heterocycles. The predicted octanol–water partition coefficient (Wildman–Crippen LogP) is 2.27. The molecule has 1 unspecified atom stereocenters. The van der Waals surface area contributed by atoms with Crippen LogP contribution in [-0.4, -0.2) is 39.4 Å². The Morgan fingerprint density at radius 3 is 2.78 bits per heavy atom. The van der Waals surface area contributed by atoms with Crippen molar-refractivity contribution in [2.24, 2.45) is 0 Å². The number of carbonyl (C=O) groups is 2. The summed E-state index contributed by atoms with van der Waals surface area (Å²) in [6, 6.07) is 12.7. The fourth-order valence-corrected chi connectivity index (χ4v) is 3.46. The first kappa shape index (κ1) is 17.2. The molecule has 1 fully saturated rings. The summed E-state index contributed by atoms with van der Waals surface area (Å²) in [6.07, 6.45) is 1.98. The third-order valence-corrected chi connectivity index (χ3v) is 4.81. The number of halogens is 1. The molecule has 4 rings (SSSR count). The number of hydrogen-bond donors (Lipinski definition) is 1. The largest absolute Gasteiger partial charge is 0.352 e. The van der Waals surface area contributed by atoms with Crippen LogP contribution in [0.4, 0.5) is 4.39 Å². The summed E-state index contributed by atoms with van der Waals surface area (Å²) in [4.78, 5) is 31.2. The van der Waals surface area contributed by atoms with Crippen LogP contribution < -0.4 is 5.32 Å². The van der Waals surface area contributed by atoms with Gasteiger partial charge in [0.05, 0.1) is 17.4 Å². The molecule has 1 N–H and O–H groups in total. The zero-order valence-electron chi connectivity index (χ0n) is 14.6. The van der Waals surface area contributed by atoms with Crippen molar-refractivity contribution in [1.29, 1.82) is 0 Å². The van der Waals surface area contributed by atoms with E-state index in [1.54, 1.807) is 23.4 Å². The molecule has 1 aliphatic rings. The fourth-order valence-electron chi connectivity index (χ4n) is 3.46. The number of hydrogen-bond acceptors (Lipinski definition) is 3. The highest BCUT2D eigenvalue weighted by Gasteiger charge is 2.34. The lowest BCUT2D eigenvalue weighted by Gasteiger charge is -2.35. The Bertz CT molecular complexity index is 983. The Balaban J connectivity index is 1.52. The third kappa shape index (κ3) is 3.40. The van der Waals surface area contributed by atoms with Gasteiger partial charge >= 0.3 is 0 Å². The molecule has 7 heteroatoms. The van der Waals surface area contributed by atoms with Crippen LogP contribution in [0.15, 0.2) is 54.9 Å². The van der Waals surface area contributed by atoms with Gasteiger partial charge in [-0.1, -0.05) is 24.3 Å². The Labute approximate surface area is 155 Å². The van der Waals surface area contributed by atoms with Crippen LogP contribution in [0.1, 0.15) is 18.0 Å². The zero-order chi connectivity index (χ0) is 18.8. The molecule has 1 atom stereocenters. The molecule has 0 saturated carbocycles. The average Bonchev–Trinajstić information content (AvgIpc) is 3.10. The lowest BCUT2D eigenvalue weighted by atomic mass is 10.0. The van der Waals surface area contributed by atoms with Gasteiger partial charge in [-0.3, -0.25) is 9.59 Å². The Morgan fingerprint density at radius 2 is 1.96 bits per heavy atom. The number of para-hydroxylation sites is 2. The number of aryl methyl sites for hydroxylation is 1. The van der Waals surface area contributed by atoms with Crippen LogP contribution in [0.5, 0.6) is 0 Å². The van der Waals surface area contributed by atoms with Gasteiger partial charge in [-0.15, -0.1) is 0 Å². The van der Waals surface area contributed by atoms with Crippen molar-refractivity contribution in [2.45, 2.75) is 19.0 Å². The molecule has 0 spiro atoms. The minimum Gasteiger partial charge on any atom is -0.352 e. The van der Waals surface area contributed by atoms with E-state index in [0.717, 1.165) is 11.0 Å². The van der Waals surface area contributed by atoms with Gasteiger partial charge in [-0.2, -0.15) is 0 Å². The monoisotopic (exact) mass is 366 g/mol. The van der Waals surface area contributed by atoms with Gasteiger partial charge in [0.25, 0.3) is 0 Å². The highest BCUT2D eigenvalue weighted by atomic mass is 19.1. The summed E-state index contributed by atoms with van der Waals surface area (Å²) in [7, 11) is 0. The lowest BCUT2D eigenvalue weighted by molar-refractivity contribution is -0.143. The second-order valence-electron chi connectivity index (χ2n) is 6.51. The van der Waals surface area contributed by atoms with Crippen LogP contribution in [0.3, 0.4) is 0 Å². The van der Waals surface area contributed by atoms with Crippen molar-refractivity contribution < 1.29 is 14.0 Å². The molecule has 1 saturated heterocycles. The van der Waals surface area contributed by atoms with E-state index in [4.69, 9.17) is 0 Å². The van der Waals surface area contributed by atoms with E-state index in [-0.39, 0.29) is 24.1 Å². The van der Waals surface area contributed by atoms with E-state index < -0.39 is 6.04 Å². The van der Waals surface area contributed by atoms with Gasteiger partial charge in [-0.05, 0) is 29.8 Å². The van der Waals surface area contributed by atoms with Crippen LogP contribution in [0.25, 0.3) is 11.0 Å². The van der Waals surface area contributed by atoms with Crippen molar-refractivity contribution >= 4 is 22.8 Å². The molecule has 0 radical (unpaired) electrons. The van der Waals surface area contributed by atoms with Crippen molar-refractivity contribution in [3.8, 4) is 0 Å². The molecule has 138 valence electrons. The number of carbonyl (C=O) groups excluding carboxylic acids is 2. The first-order valence-corrected chi connectivity index (χ1v) is 8.86. The zero-order valence-corrected chi connectivity index (χ0v) is 14.6. The summed E-state index contributed by atoms with van der Waals surface area (Å²) in [6.45, 7) is 1.32. The first-order valence-electron chi connectivity index (χ1n) is 8.86. The minimum absolute atomic E-state index is 0.114. The van der Waals surface area contributed by atoms with E-state index in [2.05, 4.69) is 10.3 Å². The summed E-state index contributed by atoms with van der Waals surface area (Å²) in [5, 5.41) is 2.78. The SMILES string of the molecule is O=C1NCCN(C(=O)CCn2cnc3ccccc32)C1c1ccc(F)cc1. The van der Waals surface area contributed by atoms with E-state index in [9.17, 15) is 14.0 Å². The number of amides is 2. The standard InChI is InChI=1S/C20H19FN4O2/c21-15-7-5-14(6-8-15)19-20(27)22-10-12-25(19)18(26)9-11-24-13-23-16-3-1-2-4-17(16)24/h1-8,13,19H,9-12H2,(H,22,27). The fraction of sp³-hybridized carbons (Fsp3) is 0.250. The molecule has 2 heterocycles. The number of aromatic nitrogens is 2. The van der Waals surface area contributed by atoms with Gasteiger partial charge in [0.2, 0.25) is 11.8 Å². The summed E-state index contributed by atoms with van der Waals surface area (Å²) < 4.78 is 15.2. The van der Waals surface area contributed by atoms with Gasteiger partial charge < -0.3 is 14.8 Å². The Kier molecular flexibility index (Phi) is 4.58. The maximum absolute atomic E-state index is 13.2. The quantitative estimate of drug-likeness (QED) is 0.770. The molecule has 2 amide bonds. The number of benzene rings is 2. The molecule has 0 aliphatic carbocycles. The van der Waals surface area contributed by atoms with Crippen LogP contribution >= 0.6 is 0 Å². The van der Waals surface area contributed by atoms with Gasteiger partial charge in [0.15, 0.2) is 0 Å². The summed E-state index contributed by atoms with van der Waals surface area (Å²) in [5.41, 5.74) is 2.46. The number of nitrogens with one attached hydrogen (secondary N) is 1. The highest BCUT2D eigenvalue weighted by Crippen LogP contribution is 2.24. The van der Waals surface area contributed by atoms with Crippen LogP contribution in [0, 0.1) is 5.82 Å². The molecule has 3 aromatic rings.